The number of hydrogen-bond donors (Lipinski definition) is 1. The summed E-state index contributed by atoms with van der Waals surface area (Å²) in [5.74, 6) is -0.202. The molecule has 1 unspecified atom stereocenters. The van der Waals surface area contributed by atoms with Crippen molar-refractivity contribution < 1.29 is 4.39 Å². The van der Waals surface area contributed by atoms with Crippen LogP contribution in [0.15, 0.2) is 18.2 Å². The summed E-state index contributed by atoms with van der Waals surface area (Å²) in [7, 11) is 0. The lowest BCUT2D eigenvalue weighted by Crippen LogP contribution is -2.40. The minimum atomic E-state index is -0.202. The lowest BCUT2D eigenvalue weighted by Gasteiger charge is -2.31. The Morgan fingerprint density at radius 2 is 2.00 bits per heavy atom. The van der Waals surface area contributed by atoms with Crippen molar-refractivity contribution in [2.45, 2.75) is 46.6 Å². The molecule has 0 bridgehead atoms. The van der Waals surface area contributed by atoms with Gasteiger partial charge in [0.05, 0.1) is 0 Å². The van der Waals surface area contributed by atoms with E-state index in [1.807, 2.05) is 0 Å². The lowest BCUT2D eigenvalue weighted by atomic mass is 9.83. The minimum absolute atomic E-state index is 0.160. The maximum Gasteiger partial charge on any atom is 0.127 e. The third kappa shape index (κ3) is 4.25. The van der Waals surface area contributed by atoms with Crippen LogP contribution in [0.5, 0.6) is 0 Å². The first-order chi connectivity index (χ1) is 8.36. The maximum absolute atomic E-state index is 13.7. The van der Waals surface area contributed by atoms with E-state index < -0.39 is 0 Å². The van der Waals surface area contributed by atoms with Crippen LogP contribution in [0.3, 0.4) is 0 Å². The molecule has 0 aromatic heterocycles. The smallest absolute Gasteiger partial charge is 0.127 e. The fourth-order valence-electron chi connectivity index (χ4n) is 2.15. The molecular weight excluding hydrogens is 249 g/mol. The van der Waals surface area contributed by atoms with Gasteiger partial charge in [0.15, 0.2) is 0 Å². The van der Waals surface area contributed by atoms with E-state index >= 15 is 0 Å². The second-order valence-electron chi connectivity index (χ2n) is 5.72. The van der Waals surface area contributed by atoms with Gasteiger partial charge in [0.1, 0.15) is 5.82 Å². The molecule has 0 aliphatic carbocycles. The van der Waals surface area contributed by atoms with E-state index in [2.05, 4.69) is 33.0 Å². The highest BCUT2D eigenvalue weighted by molar-refractivity contribution is 6.31. The first kappa shape index (κ1) is 15.5. The molecule has 0 radical (unpaired) electrons. The summed E-state index contributed by atoms with van der Waals surface area (Å²) in [6, 6.07) is 5.23. The molecule has 0 amide bonds. The molecule has 1 nitrogen and oxygen atoms in total. The number of hydrogen-bond acceptors (Lipinski definition) is 1. The van der Waals surface area contributed by atoms with Crippen LogP contribution in [0.25, 0.3) is 0 Å². The van der Waals surface area contributed by atoms with Crippen molar-refractivity contribution in [3.05, 3.63) is 34.6 Å². The molecular formula is C15H23ClFN. The number of nitrogens with one attached hydrogen (secondary N) is 1. The van der Waals surface area contributed by atoms with Gasteiger partial charge in [-0.15, -0.1) is 0 Å². The van der Waals surface area contributed by atoms with Gasteiger partial charge in [-0.3, -0.25) is 0 Å². The summed E-state index contributed by atoms with van der Waals surface area (Å²) in [5, 5.41) is 3.99. The van der Waals surface area contributed by atoms with Crippen LogP contribution in [-0.2, 0) is 6.42 Å². The van der Waals surface area contributed by atoms with Crippen LogP contribution in [-0.4, -0.2) is 12.6 Å². The maximum atomic E-state index is 13.7. The largest absolute Gasteiger partial charge is 0.314 e. The zero-order valence-electron chi connectivity index (χ0n) is 11.7. The van der Waals surface area contributed by atoms with Gasteiger partial charge in [0.25, 0.3) is 0 Å². The normalized spacial score (nSPS) is 13.7. The summed E-state index contributed by atoms with van der Waals surface area (Å²) >= 11 is 6.04. The van der Waals surface area contributed by atoms with Crippen molar-refractivity contribution in [3.8, 4) is 0 Å². The molecule has 1 rings (SSSR count). The monoisotopic (exact) mass is 271 g/mol. The van der Waals surface area contributed by atoms with E-state index in [4.69, 9.17) is 11.6 Å². The van der Waals surface area contributed by atoms with Gasteiger partial charge in [-0.1, -0.05) is 45.4 Å². The van der Waals surface area contributed by atoms with Crippen LogP contribution in [0.4, 0.5) is 4.39 Å². The van der Waals surface area contributed by atoms with Crippen molar-refractivity contribution in [1.82, 2.24) is 5.32 Å². The van der Waals surface area contributed by atoms with E-state index in [1.54, 1.807) is 12.1 Å². The van der Waals surface area contributed by atoms with Crippen molar-refractivity contribution in [3.63, 3.8) is 0 Å². The summed E-state index contributed by atoms with van der Waals surface area (Å²) < 4.78 is 13.7. The molecule has 0 saturated heterocycles. The van der Waals surface area contributed by atoms with Gasteiger partial charge in [0, 0.05) is 16.6 Å². The SMILES string of the molecule is CCNC(CCc1c(F)cccc1Cl)C(C)(C)C. The summed E-state index contributed by atoms with van der Waals surface area (Å²) in [6.45, 7) is 9.61. The second kappa shape index (κ2) is 6.53. The van der Waals surface area contributed by atoms with Crippen LogP contribution in [0.1, 0.15) is 39.7 Å². The van der Waals surface area contributed by atoms with Crippen LogP contribution >= 0.6 is 11.6 Å². The van der Waals surface area contributed by atoms with Gasteiger partial charge in [-0.25, -0.2) is 4.39 Å². The highest BCUT2D eigenvalue weighted by atomic mass is 35.5. The third-order valence-corrected chi connectivity index (χ3v) is 3.59. The predicted octanol–water partition coefficient (Wildman–Crippen LogP) is 4.44. The van der Waals surface area contributed by atoms with Crippen LogP contribution in [0.2, 0.25) is 5.02 Å². The first-order valence-corrected chi connectivity index (χ1v) is 6.90. The molecule has 0 aliphatic rings. The topological polar surface area (TPSA) is 12.0 Å². The van der Waals surface area contributed by atoms with Gasteiger partial charge >= 0.3 is 0 Å². The molecule has 0 saturated carbocycles. The van der Waals surface area contributed by atoms with Crippen molar-refractivity contribution in [1.29, 1.82) is 0 Å². The quantitative estimate of drug-likeness (QED) is 0.835. The highest BCUT2D eigenvalue weighted by Crippen LogP contribution is 2.26. The Balaban J connectivity index is 2.73. The molecule has 3 heteroatoms. The Morgan fingerprint density at radius 3 is 2.50 bits per heavy atom. The Labute approximate surface area is 115 Å². The summed E-state index contributed by atoms with van der Waals surface area (Å²) in [5.41, 5.74) is 0.791. The van der Waals surface area contributed by atoms with Gasteiger partial charge in [-0.2, -0.15) is 0 Å². The molecule has 0 aliphatic heterocycles. The molecule has 102 valence electrons. The molecule has 1 N–H and O–H groups in total. The summed E-state index contributed by atoms with van der Waals surface area (Å²) in [6.07, 6.45) is 1.55. The van der Waals surface area contributed by atoms with Crippen molar-refractivity contribution >= 4 is 11.6 Å². The minimum Gasteiger partial charge on any atom is -0.314 e. The number of benzene rings is 1. The van der Waals surface area contributed by atoms with Crippen molar-refractivity contribution in [2.75, 3.05) is 6.54 Å². The van der Waals surface area contributed by atoms with E-state index in [0.29, 0.717) is 23.0 Å². The molecule has 0 spiro atoms. The average Bonchev–Trinajstić information content (AvgIpc) is 2.25. The summed E-state index contributed by atoms with van der Waals surface area (Å²) in [4.78, 5) is 0. The standard InChI is InChI=1S/C15H23ClFN/c1-5-18-14(15(2,3)4)10-9-11-12(16)7-6-8-13(11)17/h6-8,14,18H,5,9-10H2,1-4H3. The Morgan fingerprint density at radius 1 is 1.33 bits per heavy atom. The lowest BCUT2D eigenvalue weighted by molar-refractivity contribution is 0.258. The molecule has 1 aromatic rings. The zero-order valence-corrected chi connectivity index (χ0v) is 12.4. The van der Waals surface area contributed by atoms with Gasteiger partial charge < -0.3 is 5.32 Å². The van der Waals surface area contributed by atoms with Crippen LogP contribution < -0.4 is 5.32 Å². The van der Waals surface area contributed by atoms with Crippen LogP contribution in [0, 0.1) is 11.2 Å². The molecule has 1 aromatic carbocycles. The Bertz CT molecular complexity index is 364. The Kier molecular flexibility index (Phi) is 5.61. The van der Waals surface area contributed by atoms with E-state index in [-0.39, 0.29) is 11.2 Å². The van der Waals surface area contributed by atoms with E-state index in [1.165, 1.54) is 6.07 Å². The molecule has 18 heavy (non-hydrogen) atoms. The van der Waals surface area contributed by atoms with Gasteiger partial charge in [0.2, 0.25) is 0 Å². The van der Waals surface area contributed by atoms with E-state index in [0.717, 1.165) is 13.0 Å². The first-order valence-electron chi connectivity index (χ1n) is 6.52. The fraction of sp³-hybridized carbons (Fsp3) is 0.600. The third-order valence-electron chi connectivity index (χ3n) is 3.24. The molecule has 0 heterocycles. The average molecular weight is 272 g/mol. The van der Waals surface area contributed by atoms with E-state index in [9.17, 15) is 4.39 Å². The number of halogens is 2. The highest BCUT2D eigenvalue weighted by Gasteiger charge is 2.23. The number of rotatable bonds is 5. The Hall–Kier alpha value is -0.600. The molecule has 0 fully saturated rings. The second-order valence-corrected chi connectivity index (χ2v) is 6.12. The zero-order chi connectivity index (χ0) is 13.8. The fourth-order valence-corrected chi connectivity index (χ4v) is 2.41. The van der Waals surface area contributed by atoms with Gasteiger partial charge in [-0.05, 0) is 36.9 Å². The predicted molar refractivity (Wildman–Crippen MR) is 76.7 cm³/mol. The van der Waals surface area contributed by atoms with Crippen molar-refractivity contribution in [2.24, 2.45) is 5.41 Å². The molecule has 1 atom stereocenters.